The van der Waals surface area contributed by atoms with Crippen LogP contribution in [-0.4, -0.2) is 15.1 Å². The maximum atomic E-state index is 11.0. The number of hydrogen-bond donors (Lipinski definition) is 1. The summed E-state index contributed by atoms with van der Waals surface area (Å²) in [5.41, 5.74) is 1.87. The fraction of sp³-hybridized carbons (Fsp3) is 0.100. The van der Waals surface area contributed by atoms with Crippen LogP contribution in [0.15, 0.2) is 18.7 Å². The Balaban J connectivity index is 2.95. The summed E-state index contributed by atoms with van der Waals surface area (Å²) in [6.07, 6.45) is 1.48. The highest BCUT2D eigenvalue weighted by Gasteiger charge is 2.19. The second-order valence-corrected chi connectivity index (χ2v) is 3.20. The zero-order valence-electron chi connectivity index (χ0n) is 8.15. The van der Waals surface area contributed by atoms with Crippen molar-refractivity contribution >= 4 is 22.7 Å². The molecule has 0 fully saturated rings. The summed E-state index contributed by atoms with van der Waals surface area (Å²) in [4.78, 5) is 10.6. The largest absolute Gasteiger partial charge is 0.287 e. The number of aromatic amines is 1. The van der Waals surface area contributed by atoms with Crippen molar-refractivity contribution in [3.05, 3.63) is 40.1 Å². The molecule has 15 heavy (non-hydrogen) atoms. The minimum absolute atomic E-state index is 0.0637. The summed E-state index contributed by atoms with van der Waals surface area (Å²) in [6.45, 7) is 5.29. The molecule has 0 saturated heterocycles. The SMILES string of the molecule is C=Cc1ccc2[nH]nc(C)c2c1[N+](=O)[O-]. The fourth-order valence-electron chi connectivity index (χ4n) is 1.63. The quantitative estimate of drug-likeness (QED) is 0.601. The van der Waals surface area contributed by atoms with E-state index in [0.717, 1.165) is 0 Å². The van der Waals surface area contributed by atoms with Crippen LogP contribution in [0, 0.1) is 17.0 Å². The smallest absolute Gasteiger partial charge is 0.277 e. The van der Waals surface area contributed by atoms with E-state index in [9.17, 15) is 10.1 Å². The standard InChI is InChI=1S/C10H9N3O2/c1-3-7-4-5-8-9(6(2)11-12-8)10(7)13(14)15/h3-5H,1H2,2H3,(H,11,12). The van der Waals surface area contributed by atoms with Gasteiger partial charge in [-0.25, -0.2) is 0 Å². The van der Waals surface area contributed by atoms with Gasteiger partial charge in [0.05, 0.1) is 21.7 Å². The maximum Gasteiger partial charge on any atom is 0.287 e. The molecule has 5 nitrogen and oxygen atoms in total. The van der Waals surface area contributed by atoms with Crippen molar-refractivity contribution in [3.8, 4) is 0 Å². The molecule has 1 aromatic carbocycles. The van der Waals surface area contributed by atoms with E-state index in [4.69, 9.17) is 0 Å². The fourth-order valence-corrected chi connectivity index (χ4v) is 1.63. The van der Waals surface area contributed by atoms with Crippen LogP contribution in [-0.2, 0) is 0 Å². The monoisotopic (exact) mass is 203 g/mol. The van der Waals surface area contributed by atoms with E-state index < -0.39 is 4.92 Å². The van der Waals surface area contributed by atoms with Gasteiger partial charge in [0.1, 0.15) is 5.39 Å². The normalized spacial score (nSPS) is 10.5. The molecule has 0 bridgehead atoms. The Kier molecular flexibility index (Phi) is 2.00. The Bertz CT molecular complexity index is 557. The van der Waals surface area contributed by atoms with Crippen LogP contribution in [0.5, 0.6) is 0 Å². The zero-order valence-corrected chi connectivity index (χ0v) is 8.15. The van der Waals surface area contributed by atoms with Gasteiger partial charge in [-0.05, 0) is 19.1 Å². The van der Waals surface area contributed by atoms with Crippen molar-refractivity contribution in [2.24, 2.45) is 0 Å². The Hall–Kier alpha value is -2.17. The second-order valence-electron chi connectivity index (χ2n) is 3.20. The van der Waals surface area contributed by atoms with Crippen LogP contribution >= 0.6 is 0 Å². The molecule has 0 amide bonds. The summed E-state index contributed by atoms with van der Waals surface area (Å²) in [5, 5.41) is 18.2. The Morgan fingerprint density at radius 2 is 2.33 bits per heavy atom. The predicted octanol–water partition coefficient (Wildman–Crippen LogP) is 2.42. The number of nitro groups is 1. The third kappa shape index (κ3) is 1.28. The number of fused-ring (bicyclic) bond motifs is 1. The molecule has 0 aliphatic carbocycles. The van der Waals surface area contributed by atoms with Crippen LogP contribution < -0.4 is 0 Å². The number of nitro benzene ring substituents is 1. The van der Waals surface area contributed by atoms with E-state index in [2.05, 4.69) is 16.8 Å². The molecular weight excluding hydrogens is 194 g/mol. The molecule has 1 heterocycles. The second kappa shape index (κ2) is 3.20. The highest BCUT2D eigenvalue weighted by atomic mass is 16.6. The van der Waals surface area contributed by atoms with Crippen molar-refractivity contribution in [2.45, 2.75) is 6.92 Å². The molecule has 0 spiro atoms. The number of nitrogens with zero attached hydrogens (tertiary/aromatic N) is 2. The topological polar surface area (TPSA) is 71.8 Å². The van der Waals surface area contributed by atoms with E-state index in [0.29, 0.717) is 22.2 Å². The summed E-state index contributed by atoms with van der Waals surface area (Å²) in [5.74, 6) is 0. The highest BCUT2D eigenvalue weighted by Crippen LogP contribution is 2.31. The molecular formula is C10H9N3O2. The average Bonchev–Trinajstić information content (AvgIpc) is 2.59. The lowest BCUT2D eigenvalue weighted by Crippen LogP contribution is -1.93. The van der Waals surface area contributed by atoms with Gasteiger partial charge in [0, 0.05) is 0 Å². The number of nitrogens with one attached hydrogen (secondary N) is 1. The lowest BCUT2D eigenvalue weighted by atomic mass is 10.1. The Morgan fingerprint density at radius 3 is 2.93 bits per heavy atom. The Labute approximate surface area is 85.6 Å². The van der Waals surface area contributed by atoms with Gasteiger partial charge in [-0.15, -0.1) is 0 Å². The molecule has 2 aromatic rings. The van der Waals surface area contributed by atoms with Crippen LogP contribution in [0.3, 0.4) is 0 Å². The molecule has 1 aromatic heterocycles. The van der Waals surface area contributed by atoms with Crippen molar-refractivity contribution in [3.63, 3.8) is 0 Å². The molecule has 0 unspecified atom stereocenters. The third-order valence-corrected chi connectivity index (χ3v) is 2.32. The Morgan fingerprint density at radius 1 is 1.60 bits per heavy atom. The summed E-state index contributed by atoms with van der Waals surface area (Å²) in [6, 6.07) is 3.42. The van der Waals surface area contributed by atoms with Crippen LogP contribution in [0.4, 0.5) is 5.69 Å². The maximum absolute atomic E-state index is 11.0. The van der Waals surface area contributed by atoms with Crippen molar-refractivity contribution in [1.29, 1.82) is 0 Å². The first-order chi connectivity index (χ1) is 7.15. The first-order valence-corrected chi connectivity index (χ1v) is 4.39. The van der Waals surface area contributed by atoms with Crippen LogP contribution in [0.25, 0.3) is 17.0 Å². The van der Waals surface area contributed by atoms with Crippen molar-refractivity contribution < 1.29 is 4.92 Å². The van der Waals surface area contributed by atoms with Crippen LogP contribution in [0.2, 0.25) is 0 Å². The molecule has 0 radical (unpaired) electrons. The number of H-pyrrole nitrogens is 1. The molecule has 0 atom stereocenters. The predicted molar refractivity (Wildman–Crippen MR) is 57.6 cm³/mol. The average molecular weight is 203 g/mol. The van der Waals surface area contributed by atoms with Gasteiger partial charge in [-0.2, -0.15) is 5.10 Å². The van der Waals surface area contributed by atoms with Gasteiger partial charge >= 0.3 is 0 Å². The van der Waals surface area contributed by atoms with E-state index in [1.807, 2.05) is 0 Å². The number of benzene rings is 1. The lowest BCUT2D eigenvalue weighted by Gasteiger charge is -1.98. The van der Waals surface area contributed by atoms with Crippen LogP contribution in [0.1, 0.15) is 11.3 Å². The van der Waals surface area contributed by atoms with E-state index >= 15 is 0 Å². The number of aromatic nitrogens is 2. The van der Waals surface area contributed by atoms with Gasteiger partial charge < -0.3 is 0 Å². The number of aryl methyl sites for hydroxylation is 1. The highest BCUT2D eigenvalue weighted by molar-refractivity contribution is 5.94. The molecule has 0 aliphatic heterocycles. The van der Waals surface area contributed by atoms with E-state index in [1.165, 1.54) is 6.08 Å². The third-order valence-electron chi connectivity index (χ3n) is 2.32. The molecule has 76 valence electrons. The summed E-state index contributed by atoms with van der Waals surface area (Å²) < 4.78 is 0. The van der Waals surface area contributed by atoms with Gasteiger partial charge in [0.2, 0.25) is 0 Å². The molecule has 0 saturated carbocycles. The van der Waals surface area contributed by atoms with Gasteiger partial charge in [0.15, 0.2) is 0 Å². The van der Waals surface area contributed by atoms with E-state index in [-0.39, 0.29) is 5.69 Å². The minimum Gasteiger partial charge on any atom is -0.277 e. The summed E-state index contributed by atoms with van der Waals surface area (Å²) in [7, 11) is 0. The summed E-state index contributed by atoms with van der Waals surface area (Å²) >= 11 is 0. The molecule has 1 N–H and O–H groups in total. The van der Waals surface area contributed by atoms with Crippen molar-refractivity contribution in [2.75, 3.05) is 0 Å². The minimum atomic E-state index is -0.401. The lowest BCUT2D eigenvalue weighted by molar-refractivity contribution is -0.383. The first kappa shape index (κ1) is 9.39. The van der Waals surface area contributed by atoms with Gasteiger partial charge in [-0.1, -0.05) is 12.7 Å². The number of hydrogen-bond acceptors (Lipinski definition) is 3. The van der Waals surface area contributed by atoms with Gasteiger partial charge in [0.25, 0.3) is 5.69 Å². The number of rotatable bonds is 2. The molecule has 5 heteroatoms. The van der Waals surface area contributed by atoms with E-state index in [1.54, 1.807) is 19.1 Å². The first-order valence-electron chi connectivity index (χ1n) is 4.39. The van der Waals surface area contributed by atoms with Gasteiger partial charge in [-0.3, -0.25) is 15.2 Å². The molecule has 2 rings (SSSR count). The zero-order chi connectivity index (χ0) is 11.0. The van der Waals surface area contributed by atoms with Crippen molar-refractivity contribution in [1.82, 2.24) is 10.2 Å². The molecule has 0 aliphatic rings.